The van der Waals surface area contributed by atoms with E-state index in [-0.39, 0.29) is 18.8 Å². The number of nitrogens with two attached hydrogens (primary N) is 1. The maximum absolute atomic E-state index is 12.9. The average Bonchev–Trinajstić information content (AvgIpc) is 3.41. The van der Waals surface area contributed by atoms with Crippen LogP contribution in [0.15, 0.2) is 43.0 Å². The fourth-order valence-electron chi connectivity index (χ4n) is 3.50. The van der Waals surface area contributed by atoms with E-state index >= 15 is 0 Å². The number of H-pyrrole nitrogens is 2. The summed E-state index contributed by atoms with van der Waals surface area (Å²) in [6.45, 7) is 3.39. The van der Waals surface area contributed by atoms with Crippen LogP contribution >= 0.6 is 0 Å². The van der Waals surface area contributed by atoms with E-state index in [2.05, 4.69) is 25.6 Å². The number of hydrogen-bond donors (Lipinski definition) is 6. The molecule has 2 heterocycles. The monoisotopic (exact) mass is 440 g/mol. The van der Waals surface area contributed by atoms with E-state index in [4.69, 9.17) is 5.73 Å². The average molecular weight is 441 g/mol. The van der Waals surface area contributed by atoms with Crippen molar-refractivity contribution in [2.45, 2.75) is 44.8 Å². The largest absolute Gasteiger partial charge is 0.480 e. The summed E-state index contributed by atoms with van der Waals surface area (Å²) in [5.74, 6) is -2.58. The van der Waals surface area contributed by atoms with Crippen LogP contribution in [0.2, 0.25) is 0 Å². The molecule has 3 atom stereocenters. The Morgan fingerprint density at radius 3 is 2.50 bits per heavy atom. The van der Waals surface area contributed by atoms with Gasteiger partial charge in [-0.25, -0.2) is 9.78 Å². The van der Waals surface area contributed by atoms with E-state index in [9.17, 15) is 19.5 Å². The molecule has 0 bridgehead atoms. The van der Waals surface area contributed by atoms with Crippen LogP contribution in [0.1, 0.15) is 25.1 Å². The van der Waals surface area contributed by atoms with Gasteiger partial charge in [-0.15, -0.1) is 0 Å². The number of aromatic amines is 2. The Hall–Kier alpha value is -3.66. The zero-order chi connectivity index (χ0) is 23.3. The van der Waals surface area contributed by atoms with Gasteiger partial charge in [0.15, 0.2) is 0 Å². The summed E-state index contributed by atoms with van der Waals surface area (Å²) < 4.78 is 0. The van der Waals surface area contributed by atoms with Crippen molar-refractivity contribution in [3.8, 4) is 0 Å². The van der Waals surface area contributed by atoms with Crippen molar-refractivity contribution in [3.63, 3.8) is 0 Å². The topological polar surface area (TPSA) is 166 Å². The van der Waals surface area contributed by atoms with Gasteiger partial charge in [0, 0.05) is 35.4 Å². The number of nitrogens with zero attached hydrogens (tertiary/aromatic N) is 1. The third-order valence-corrected chi connectivity index (χ3v) is 5.29. The van der Waals surface area contributed by atoms with Gasteiger partial charge in [0.2, 0.25) is 11.8 Å². The first kappa shape index (κ1) is 23.0. The van der Waals surface area contributed by atoms with Gasteiger partial charge in [-0.3, -0.25) is 9.59 Å². The summed E-state index contributed by atoms with van der Waals surface area (Å²) in [6, 6.07) is 4.70. The standard InChI is InChI=1S/C22H28N6O4/c1-12(2)19(22(31)32)28-21(30)18(8-14-10-24-11-26-14)27-20(29)16(23)7-13-9-25-17-6-4-3-5-15(13)17/h3-6,9-12,16,18-19,25H,7-8,23H2,1-2H3,(H,24,26)(H,27,29)(H,28,30)(H,31,32). The number of amides is 2. The van der Waals surface area contributed by atoms with E-state index < -0.39 is 35.9 Å². The first-order valence-corrected chi connectivity index (χ1v) is 10.4. The predicted molar refractivity (Wildman–Crippen MR) is 119 cm³/mol. The molecule has 10 nitrogen and oxygen atoms in total. The number of nitrogens with one attached hydrogen (secondary N) is 4. The van der Waals surface area contributed by atoms with Gasteiger partial charge in [0.1, 0.15) is 12.1 Å². The number of rotatable bonds is 10. The van der Waals surface area contributed by atoms with Gasteiger partial charge in [-0.2, -0.15) is 0 Å². The Morgan fingerprint density at radius 1 is 1.09 bits per heavy atom. The summed E-state index contributed by atoms with van der Waals surface area (Å²) in [5.41, 5.74) is 8.60. The van der Waals surface area contributed by atoms with Crippen LogP contribution in [-0.4, -0.2) is 56.0 Å². The van der Waals surface area contributed by atoms with E-state index in [0.29, 0.717) is 5.69 Å². The second kappa shape index (κ2) is 10.1. The molecule has 0 saturated carbocycles. The number of hydrogen-bond acceptors (Lipinski definition) is 5. The van der Waals surface area contributed by atoms with Crippen LogP contribution in [-0.2, 0) is 27.2 Å². The molecule has 0 aliphatic carbocycles. The Balaban J connectivity index is 1.72. The van der Waals surface area contributed by atoms with E-state index in [1.165, 1.54) is 12.5 Å². The lowest BCUT2D eigenvalue weighted by atomic mass is 10.0. The number of carbonyl (C=O) groups is 3. The molecular formula is C22H28N6O4. The highest BCUT2D eigenvalue weighted by atomic mass is 16.4. The number of para-hydroxylation sites is 1. The number of aromatic nitrogens is 3. The molecule has 0 radical (unpaired) electrons. The van der Waals surface area contributed by atoms with Crippen molar-refractivity contribution in [1.29, 1.82) is 0 Å². The Morgan fingerprint density at radius 2 is 1.84 bits per heavy atom. The Labute approximate surface area is 185 Å². The number of carbonyl (C=O) groups excluding carboxylic acids is 2. The summed E-state index contributed by atoms with van der Waals surface area (Å²) in [4.78, 5) is 47.1. The van der Waals surface area contributed by atoms with E-state index in [0.717, 1.165) is 16.5 Å². The highest BCUT2D eigenvalue weighted by molar-refractivity contribution is 5.92. The molecule has 3 rings (SSSR count). The minimum absolute atomic E-state index is 0.113. The summed E-state index contributed by atoms with van der Waals surface area (Å²) in [7, 11) is 0. The van der Waals surface area contributed by atoms with Gasteiger partial charge in [-0.1, -0.05) is 32.0 Å². The second-order valence-electron chi connectivity index (χ2n) is 8.08. The smallest absolute Gasteiger partial charge is 0.326 e. The van der Waals surface area contributed by atoms with Crippen LogP contribution in [0, 0.1) is 5.92 Å². The van der Waals surface area contributed by atoms with Crippen LogP contribution < -0.4 is 16.4 Å². The van der Waals surface area contributed by atoms with Crippen molar-refractivity contribution < 1.29 is 19.5 Å². The van der Waals surface area contributed by atoms with Gasteiger partial charge in [0.05, 0.1) is 12.4 Å². The first-order valence-electron chi connectivity index (χ1n) is 10.4. The second-order valence-corrected chi connectivity index (χ2v) is 8.08. The molecule has 0 spiro atoms. The third kappa shape index (κ3) is 5.52. The first-order chi connectivity index (χ1) is 15.3. The molecule has 170 valence electrons. The predicted octanol–water partition coefficient (Wildman–Crippen LogP) is 0.714. The fraction of sp³-hybridized carbons (Fsp3) is 0.364. The molecule has 2 amide bonds. The molecule has 3 unspecified atom stereocenters. The van der Waals surface area contributed by atoms with Gasteiger partial charge >= 0.3 is 5.97 Å². The summed E-state index contributed by atoms with van der Waals surface area (Å²) >= 11 is 0. The van der Waals surface area contributed by atoms with Crippen LogP contribution in [0.5, 0.6) is 0 Å². The summed E-state index contributed by atoms with van der Waals surface area (Å²) in [5, 5.41) is 15.5. The van der Waals surface area contributed by atoms with Gasteiger partial charge in [-0.05, 0) is 24.0 Å². The van der Waals surface area contributed by atoms with E-state index in [1.807, 2.05) is 30.5 Å². The maximum atomic E-state index is 12.9. The molecule has 3 aromatic rings. The number of imidazole rings is 1. The van der Waals surface area contributed by atoms with Crippen molar-refractivity contribution in [2.75, 3.05) is 0 Å². The lowest BCUT2D eigenvalue weighted by Gasteiger charge is -2.24. The lowest BCUT2D eigenvalue weighted by Crippen LogP contribution is -2.56. The Kier molecular flexibility index (Phi) is 7.26. The number of aliphatic carboxylic acids is 1. The van der Waals surface area contributed by atoms with Crippen LogP contribution in [0.4, 0.5) is 0 Å². The minimum atomic E-state index is -1.14. The van der Waals surface area contributed by atoms with Crippen LogP contribution in [0.3, 0.4) is 0 Å². The van der Waals surface area contributed by atoms with E-state index in [1.54, 1.807) is 13.8 Å². The normalized spacial score (nSPS) is 14.1. The maximum Gasteiger partial charge on any atom is 0.326 e. The third-order valence-electron chi connectivity index (χ3n) is 5.29. The van der Waals surface area contributed by atoms with Crippen molar-refractivity contribution in [1.82, 2.24) is 25.6 Å². The molecule has 10 heteroatoms. The molecule has 0 saturated heterocycles. The number of benzene rings is 1. The molecule has 1 aromatic carbocycles. The highest BCUT2D eigenvalue weighted by Crippen LogP contribution is 2.18. The molecular weight excluding hydrogens is 412 g/mol. The molecule has 0 fully saturated rings. The fourth-order valence-corrected chi connectivity index (χ4v) is 3.50. The number of fused-ring (bicyclic) bond motifs is 1. The zero-order valence-corrected chi connectivity index (χ0v) is 18.0. The SMILES string of the molecule is CC(C)C(NC(=O)C(Cc1cnc[nH]1)NC(=O)C(N)Cc1c[nH]c2ccccc12)C(=O)O. The van der Waals surface area contributed by atoms with Crippen molar-refractivity contribution in [3.05, 3.63) is 54.2 Å². The zero-order valence-electron chi connectivity index (χ0n) is 18.0. The van der Waals surface area contributed by atoms with Gasteiger partial charge in [0.25, 0.3) is 0 Å². The highest BCUT2D eigenvalue weighted by Gasteiger charge is 2.30. The molecule has 32 heavy (non-hydrogen) atoms. The Bertz CT molecular complexity index is 1080. The summed E-state index contributed by atoms with van der Waals surface area (Å²) in [6.07, 6.45) is 5.20. The van der Waals surface area contributed by atoms with Crippen LogP contribution in [0.25, 0.3) is 10.9 Å². The van der Waals surface area contributed by atoms with Crippen molar-refractivity contribution >= 4 is 28.7 Å². The quantitative estimate of drug-likeness (QED) is 0.272. The molecule has 7 N–H and O–H groups in total. The minimum Gasteiger partial charge on any atom is -0.480 e. The lowest BCUT2D eigenvalue weighted by molar-refractivity contribution is -0.143. The van der Waals surface area contributed by atoms with Gasteiger partial charge < -0.3 is 31.4 Å². The molecule has 2 aromatic heterocycles. The number of carboxylic acids is 1. The molecule has 0 aliphatic heterocycles. The number of carboxylic acid groups (broad SMARTS) is 1. The van der Waals surface area contributed by atoms with Crippen molar-refractivity contribution in [2.24, 2.45) is 11.7 Å². The molecule has 0 aliphatic rings.